The smallest absolute Gasteiger partial charge is 0.339 e. The number of aromatic amines is 1. The lowest BCUT2D eigenvalue weighted by Gasteiger charge is -2.13. The topological polar surface area (TPSA) is 108 Å². The van der Waals surface area contributed by atoms with Gasteiger partial charge < -0.3 is 19.2 Å². The summed E-state index contributed by atoms with van der Waals surface area (Å²) < 4.78 is 16.6. The van der Waals surface area contributed by atoms with Gasteiger partial charge in [-0.05, 0) is 57.5 Å². The molecular formula is C27H26N2O6S. The van der Waals surface area contributed by atoms with E-state index >= 15 is 0 Å². The van der Waals surface area contributed by atoms with Crippen LogP contribution in [0.25, 0.3) is 10.2 Å². The molecule has 9 heteroatoms. The van der Waals surface area contributed by atoms with E-state index in [0.29, 0.717) is 40.5 Å². The Morgan fingerprint density at radius 2 is 1.67 bits per heavy atom. The number of H-pyrrole nitrogens is 1. The van der Waals surface area contributed by atoms with Crippen molar-refractivity contribution in [2.24, 2.45) is 0 Å². The summed E-state index contributed by atoms with van der Waals surface area (Å²) in [6, 6.07) is 11.3. The fraction of sp³-hybridized carbons (Fsp3) is 0.259. The number of aromatic nitrogens is 2. The molecule has 8 nitrogen and oxygen atoms in total. The number of nitrogens with zero attached hydrogens (tertiary/aromatic N) is 1. The summed E-state index contributed by atoms with van der Waals surface area (Å²) in [5.74, 6) is 0.173. The Morgan fingerprint density at radius 3 is 2.39 bits per heavy atom. The van der Waals surface area contributed by atoms with E-state index in [0.717, 1.165) is 10.4 Å². The molecule has 0 saturated carbocycles. The molecule has 2 heterocycles. The molecule has 0 fully saturated rings. The molecule has 2 aromatic heterocycles. The maximum atomic E-state index is 13.3. The lowest BCUT2D eigenvalue weighted by Crippen LogP contribution is -2.16. The predicted octanol–water partition coefficient (Wildman–Crippen LogP) is 4.99. The van der Waals surface area contributed by atoms with Gasteiger partial charge in [0.1, 0.15) is 17.3 Å². The lowest BCUT2D eigenvalue weighted by molar-refractivity contribution is 0.0460. The molecule has 36 heavy (non-hydrogen) atoms. The largest absolute Gasteiger partial charge is 0.490 e. The summed E-state index contributed by atoms with van der Waals surface area (Å²) in [5.41, 5.74) is 1.27. The number of thiophene rings is 1. The van der Waals surface area contributed by atoms with Gasteiger partial charge in [0.15, 0.2) is 17.3 Å². The van der Waals surface area contributed by atoms with E-state index < -0.39 is 5.97 Å². The second-order valence-electron chi connectivity index (χ2n) is 7.95. The number of nitrogens with one attached hydrogen (secondary N) is 1. The Bertz CT molecular complexity index is 1500. The Hall–Kier alpha value is -3.98. The molecule has 2 aromatic carbocycles. The third-order valence-electron chi connectivity index (χ3n) is 5.63. The van der Waals surface area contributed by atoms with E-state index in [1.807, 2.05) is 27.7 Å². The molecule has 1 N–H and O–H groups in total. The van der Waals surface area contributed by atoms with E-state index in [2.05, 4.69) is 9.97 Å². The maximum Gasteiger partial charge on any atom is 0.339 e. The van der Waals surface area contributed by atoms with Crippen molar-refractivity contribution < 1.29 is 23.8 Å². The van der Waals surface area contributed by atoms with Gasteiger partial charge in [0.2, 0.25) is 0 Å². The maximum absolute atomic E-state index is 13.3. The van der Waals surface area contributed by atoms with Crippen LogP contribution in [0.15, 0.2) is 47.3 Å². The van der Waals surface area contributed by atoms with E-state index in [1.165, 1.54) is 17.4 Å². The molecule has 0 radical (unpaired) electrons. The van der Waals surface area contributed by atoms with Crippen LogP contribution in [0.4, 0.5) is 0 Å². The van der Waals surface area contributed by atoms with Crippen LogP contribution in [-0.2, 0) is 11.3 Å². The first-order valence-corrected chi connectivity index (χ1v) is 12.3. The van der Waals surface area contributed by atoms with Crippen LogP contribution in [0.3, 0.4) is 0 Å². The number of rotatable bonds is 9. The van der Waals surface area contributed by atoms with Gasteiger partial charge in [-0.1, -0.05) is 18.2 Å². The van der Waals surface area contributed by atoms with Crippen molar-refractivity contribution in [1.29, 1.82) is 0 Å². The van der Waals surface area contributed by atoms with Crippen molar-refractivity contribution in [3.05, 3.63) is 85.8 Å². The van der Waals surface area contributed by atoms with Crippen LogP contribution in [0.1, 0.15) is 56.4 Å². The zero-order chi connectivity index (χ0) is 25.8. The van der Waals surface area contributed by atoms with Crippen molar-refractivity contribution in [2.75, 3.05) is 13.2 Å². The van der Waals surface area contributed by atoms with E-state index in [4.69, 9.17) is 14.2 Å². The van der Waals surface area contributed by atoms with Crippen LogP contribution in [0, 0.1) is 13.8 Å². The van der Waals surface area contributed by atoms with Gasteiger partial charge in [-0.3, -0.25) is 9.59 Å². The Morgan fingerprint density at radius 1 is 0.972 bits per heavy atom. The molecule has 0 aliphatic carbocycles. The number of esters is 1. The number of aryl methyl sites for hydroxylation is 2. The molecule has 0 aliphatic rings. The van der Waals surface area contributed by atoms with Crippen molar-refractivity contribution in [3.8, 4) is 11.5 Å². The lowest BCUT2D eigenvalue weighted by atomic mass is 9.98. The van der Waals surface area contributed by atoms with Crippen LogP contribution in [-0.4, -0.2) is 34.9 Å². The number of carbonyl (C=O) groups excluding carboxylic acids is 2. The summed E-state index contributed by atoms with van der Waals surface area (Å²) in [4.78, 5) is 47.5. The quantitative estimate of drug-likeness (QED) is 0.252. The molecule has 4 aromatic rings. The number of hydrogen-bond donors (Lipinski definition) is 1. The van der Waals surface area contributed by atoms with Gasteiger partial charge in [0.05, 0.1) is 24.2 Å². The minimum Gasteiger partial charge on any atom is -0.490 e. The number of fused-ring (bicyclic) bond motifs is 1. The van der Waals surface area contributed by atoms with Gasteiger partial charge in [0, 0.05) is 16.0 Å². The van der Waals surface area contributed by atoms with Gasteiger partial charge in [-0.15, -0.1) is 11.3 Å². The Labute approximate surface area is 211 Å². The summed E-state index contributed by atoms with van der Waals surface area (Å²) in [5, 5.41) is 0.547. The minimum absolute atomic E-state index is 0.112. The molecular weight excluding hydrogens is 480 g/mol. The fourth-order valence-electron chi connectivity index (χ4n) is 3.79. The van der Waals surface area contributed by atoms with Crippen LogP contribution in [0.2, 0.25) is 0 Å². The zero-order valence-corrected chi connectivity index (χ0v) is 21.3. The highest BCUT2D eigenvalue weighted by Gasteiger charge is 2.21. The predicted molar refractivity (Wildman–Crippen MR) is 137 cm³/mol. The first kappa shape index (κ1) is 25.1. The molecule has 0 atom stereocenters. The SMILES string of the molecule is CCOc1ccc(C(=O)c2ccccc2C(=O)OCc2nc3sc(C)c(C)c3c(=O)[nH]2)cc1OCC. The first-order valence-electron chi connectivity index (χ1n) is 11.5. The van der Waals surface area contributed by atoms with Crippen molar-refractivity contribution in [3.63, 3.8) is 0 Å². The first-order chi connectivity index (χ1) is 17.3. The Balaban J connectivity index is 1.57. The molecule has 0 bridgehead atoms. The second-order valence-corrected chi connectivity index (χ2v) is 9.16. The van der Waals surface area contributed by atoms with E-state index in [9.17, 15) is 14.4 Å². The monoisotopic (exact) mass is 506 g/mol. The third-order valence-corrected chi connectivity index (χ3v) is 6.73. The third kappa shape index (κ3) is 5.01. The molecule has 186 valence electrons. The normalized spacial score (nSPS) is 10.9. The van der Waals surface area contributed by atoms with Gasteiger partial charge in [-0.2, -0.15) is 0 Å². The molecule has 0 spiro atoms. The minimum atomic E-state index is -0.698. The summed E-state index contributed by atoms with van der Waals surface area (Å²) in [7, 11) is 0. The summed E-state index contributed by atoms with van der Waals surface area (Å²) in [6.07, 6.45) is 0. The van der Waals surface area contributed by atoms with Crippen LogP contribution >= 0.6 is 11.3 Å². The van der Waals surface area contributed by atoms with Gasteiger partial charge in [-0.25, -0.2) is 9.78 Å². The number of benzene rings is 2. The average Bonchev–Trinajstić information content (AvgIpc) is 3.16. The zero-order valence-electron chi connectivity index (χ0n) is 20.5. The standard InChI is InChI=1S/C27H26N2O6S/c1-5-33-20-12-11-17(13-21(20)34-6-2)24(30)18-9-7-8-10-19(18)27(32)35-14-22-28-25(31)23-15(3)16(4)36-26(23)29-22/h7-13H,5-6,14H2,1-4H3,(H,28,29,31). The van der Waals surface area contributed by atoms with E-state index in [-0.39, 0.29) is 34.9 Å². The number of carbonyl (C=O) groups is 2. The average molecular weight is 507 g/mol. The van der Waals surface area contributed by atoms with Crippen LogP contribution in [0.5, 0.6) is 11.5 Å². The highest BCUT2D eigenvalue weighted by Crippen LogP contribution is 2.30. The number of ether oxygens (including phenoxy) is 3. The molecule has 0 aliphatic heterocycles. The van der Waals surface area contributed by atoms with Gasteiger partial charge >= 0.3 is 5.97 Å². The molecule has 0 unspecified atom stereocenters. The van der Waals surface area contributed by atoms with Crippen molar-refractivity contribution in [1.82, 2.24) is 9.97 Å². The Kier molecular flexibility index (Phi) is 7.49. The van der Waals surface area contributed by atoms with Crippen molar-refractivity contribution in [2.45, 2.75) is 34.3 Å². The summed E-state index contributed by atoms with van der Waals surface area (Å²) in [6.45, 7) is 8.14. The highest BCUT2D eigenvalue weighted by molar-refractivity contribution is 7.18. The second kappa shape index (κ2) is 10.7. The van der Waals surface area contributed by atoms with Crippen LogP contribution < -0.4 is 15.0 Å². The number of hydrogen-bond acceptors (Lipinski definition) is 8. The molecule has 0 amide bonds. The van der Waals surface area contributed by atoms with Crippen molar-refractivity contribution >= 4 is 33.3 Å². The number of ketones is 1. The highest BCUT2D eigenvalue weighted by atomic mass is 32.1. The van der Waals surface area contributed by atoms with Gasteiger partial charge in [0.25, 0.3) is 5.56 Å². The molecule has 4 rings (SSSR count). The van der Waals surface area contributed by atoms with E-state index in [1.54, 1.807) is 36.4 Å². The summed E-state index contributed by atoms with van der Waals surface area (Å²) >= 11 is 1.41. The fourth-order valence-corrected chi connectivity index (χ4v) is 4.84. The molecule has 0 saturated heterocycles.